The highest BCUT2D eigenvalue weighted by molar-refractivity contribution is 6.31. The smallest absolute Gasteiger partial charge is 0.161 e. The van der Waals surface area contributed by atoms with E-state index in [1.807, 2.05) is 6.07 Å². The maximum absolute atomic E-state index is 9.09. The Labute approximate surface area is 105 Å². The summed E-state index contributed by atoms with van der Waals surface area (Å²) in [5, 5.41) is 18.4. The lowest BCUT2D eigenvalue weighted by Gasteiger charge is -2.38. The first kappa shape index (κ1) is 12.2. The van der Waals surface area contributed by atoms with Gasteiger partial charge in [0.05, 0.1) is 11.6 Å². The Bertz CT molecular complexity index is 440. The van der Waals surface area contributed by atoms with Gasteiger partial charge < -0.3 is 10.0 Å². The molecule has 1 heterocycles. The number of hydrogen-bond donors (Lipinski definition) is 1. The van der Waals surface area contributed by atoms with Crippen LogP contribution in [0.15, 0.2) is 12.1 Å². The zero-order valence-corrected chi connectivity index (χ0v) is 10.2. The van der Waals surface area contributed by atoms with Gasteiger partial charge in [-0.15, -0.1) is 0 Å². The zero-order valence-electron chi connectivity index (χ0n) is 9.43. The quantitative estimate of drug-likeness (QED) is 0.889. The molecule has 17 heavy (non-hydrogen) atoms. The van der Waals surface area contributed by atoms with Crippen molar-refractivity contribution in [1.29, 1.82) is 5.26 Å². The van der Waals surface area contributed by atoms with E-state index in [1.165, 1.54) is 6.42 Å². The number of aliphatic hydroxyl groups is 1. The van der Waals surface area contributed by atoms with Gasteiger partial charge in [-0.2, -0.15) is 5.26 Å². The molecule has 1 aliphatic rings. The highest BCUT2D eigenvalue weighted by atomic mass is 35.5. The first-order chi connectivity index (χ1) is 8.26. The van der Waals surface area contributed by atoms with Crippen LogP contribution in [0, 0.1) is 11.3 Å². The fourth-order valence-electron chi connectivity index (χ4n) is 1.96. The summed E-state index contributed by atoms with van der Waals surface area (Å²) in [5.41, 5.74) is 0.242. The SMILES string of the molecule is N#Cc1nc(N(CCO)C2CCC2)ccc1Cl. The Balaban J connectivity index is 2.26. The fourth-order valence-corrected chi connectivity index (χ4v) is 2.11. The summed E-state index contributed by atoms with van der Waals surface area (Å²) in [6, 6.07) is 5.90. The molecule has 0 saturated heterocycles. The van der Waals surface area contributed by atoms with Crippen LogP contribution in [0.1, 0.15) is 25.0 Å². The zero-order chi connectivity index (χ0) is 12.3. The Morgan fingerprint density at radius 3 is 2.82 bits per heavy atom. The Morgan fingerprint density at radius 2 is 2.29 bits per heavy atom. The Hall–Kier alpha value is -1.31. The molecule has 90 valence electrons. The minimum atomic E-state index is 0.0860. The molecule has 5 heteroatoms. The van der Waals surface area contributed by atoms with Gasteiger partial charge in [0.15, 0.2) is 5.69 Å². The summed E-state index contributed by atoms with van der Waals surface area (Å²) >= 11 is 5.85. The van der Waals surface area contributed by atoms with Crippen molar-refractivity contribution in [2.75, 3.05) is 18.1 Å². The molecule has 1 N–H and O–H groups in total. The van der Waals surface area contributed by atoms with Crippen molar-refractivity contribution < 1.29 is 5.11 Å². The lowest BCUT2D eigenvalue weighted by molar-refractivity contribution is 0.283. The second kappa shape index (κ2) is 5.35. The van der Waals surface area contributed by atoms with Crippen molar-refractivity contribution in [2.24, 2.45) is 0 Å². The second-order valence-corrected chi connectivity index (χ2v) is 4.52. The Kier molecular flexibility index (Phi) is 3.82. The largest absolute Gasteiger partial charge is 0.395 e. The number of rotatable bonds is 4. The molecule has 0 amide bonds. The highest BCUT2D eigenvalue weighted by Crippen LogP contribution is 2.29. The molecule has 1 aromatic rings. The summed E-state index contributed by atoms with van der Waals surface area (Å²) in [6.07, 6.45) is 3.45. The average Bonchev–Trinajstić information content (AvgIpc) is 2.27. The molecule has 0 radical (unpaired) electrons. The van der Waals surface area contributed by atoms with Crippen molar-refractivity contribution in [3.63, 3.8) is 0 Å². The molecule has 1 fully saturated rings. The van der Waals surface area contributed by atoms with Crippen LogP contribution < -0.4 is 4.90 Å². The van der Waals surface area contributed by atoms with Gasteiger partial charge in [0.25, 0.3) is 0 Å². The maximum Gasteiger partial charge on any atom is 0.161 e. The van der Waals surface area contributed by atoms with Crippen LogP contribution in [0.5, 0.6) is 0 Å². The van der Waals surface area contributed by atoms with E-state index in [2.05, 4.69) is 9.88 Å². The van der Waals surface area contributed by atoms with Crippen LogP contribution in [-0.2, 0) is 0 Å². The summed E-state index contributed by atoms with van der Waals surface area (Å²) < 4.78 is 0. The normalized spacial score (nSPS) is 15.1. The van der Waals surface area contributed by atoms with Gasteiger partial charge in [-0.25, -0.2) is 4.98 Å². The number of hydrogen-bond acceptors (Lipinski definition) is 4. The van der Waals surface area contributed by atoms with E-state index in [-0.39, 0.29) is 12.3 Å². The maximum atomic E-state index is 9.09. The molecule has 1 saturated carbocycles. The van der Waals surface area contributed by atoms with Gasteiger partial charge >= 0.3 is 0 Å². The van der Waals surface area contributed by atoms with Crippen LogP contribution in [0.25, 0.3) is 0 Å². The molecular weight excluding hydrogens is 238 g/mol. The summed E-state index contributed by atoms with van der Waals surface area (Å²) in [7, 11) is 0. The van der Waals surface area contributed by atoms with Crippen LogP contribution in [0.3, 0.4) is 0 Å². The number of aromatic nitrogens is 1. The van der Waals surface area contributed by atoms with E-state index in [0.29, 0.717) is 17.6 Å². The predicted molar refractivity (Wildman–Crippen MR) is 66.0 cm³/mol. The van der Waals surface area contributed by atoms with Crippen LogP contribution >= 0.6 is 11.6 Å². The van der Waals surface area contributed by atoms with E-state index >= 15 is 0 Å². The minimum Gasteiger partial charge on any atom is -0.395 e. The van der Waals surface area contributed by atoms with Crippen molar-refractivity contribution in [2.45, 2.75) is 25.3 Å². The molecule has 0 aromatic carbocycles. The third-order valence-electron chi connectivity index (χ3n) is 3.09. The monoisotopic (exact) mass is 251 g/mol. The topological polar surface area (TPSA) is 60.2 Å². The number of nitrogens with zero attached hydrogens (tertiary/aromatic N) is 3. The fraction of sp³-hybridized carbons (Fsp3) is 0.500. The van der Waals surface area contributed by atoms with E-state index in [4.69, 9.17) is 22.0 Å². The standard InChI is InChI=1S/C12H14ClN3O/c13-10-4-5-12(15-11(10)8-14)16(6-7-17)9-2-1-3-9/h4-5,9,17H,1-3,6-7H2. The number of anilines is 1. The van der Waals surface area contributed by atoms with Gasteiger partial charge in [-0.3, -0.25) is 0 Å². The summed E-state index contributed by atoms with van der Waals surface area (Å²) in [5.74, 6) is 0.727. The van der Waals surface area contributed by atoms with Gasteiger partial charge in [0.2, 0.25) is 0 Å². The molecule has 0 unspecified atom stereocenters. The molecule has 4 nitrogen and oxygen atoms in total. The third kappa shape index (κ3) is 2.51. The van der Waals surface area contributed by atoms with E-state index in [1.54, 1.807) is 12.1 Å². The highest BCUT2D eigenvalue weighted by Gasteiger charge is 2.25. The number of pyridine rings is 1. The molecule has 0 bridgehead atoms. The number of halogens is 1. The molecule has 2 rings (SSSR count). The lowest BCUT2D eigenvalue weighted by atomic mass is 9.91. The van der Waals surface area contributed by atoms with Gasteiger partial charge in [-0.05, 0) is 31.4 Å². The van der Waals surface area contributed by atoms with E-state index in [9.17, 15) is 0 Å². The summed E-state index contributed by atoms with van der Waals surface area (Å²) in [6.45, 7) is 0.632. The van der Waals surface area contributed by atoms with Crippen LogP contribution in [-0.4, -0.2) is 29.3 Å². The molecule has 1 aliphatic carbocycles. The van der Waals surface area contributed by atoms with E-state index in [0.717, 1.165) is 18.7 Å². The van der Waals surface area contributed by atoms with Crippen molar-refractivity contribution in [3.05, 3.63) is 22.8 Å². The first-order valence-electron chi connectivity index (χ1n) is 5.70. The first-order valence-corrected chi connectivity index (χ1v) is 6.08. The van der Waals surface area contributed by atoms with Crippen LogP contribution in [0.2, 0.25) is 5.02 Å². The van der Waals surface area contributed by atoms with E-state index < -0.39 is 0 Å². The Morgan fingerprint density at radius 1 is 1.53 bits per heavy atom. The predicted octanol–water partition coefficient (Wildman–Crippen LogP) is 1.96. The molecule has 0 aliphatic heterocycles. The lowest BCUT2D eigenvalue weighted by Crippen LogP contribution is -2.42. The van der Waals surface area contributed by atoms with Crippen molar-refractivity contribution in [3.8, 4) is 6.07 Å². The van der Waals surface area contributed by atoms with Gasteiger partial charge in [-0.1, -0.05) is 11.6 Å². The molecule has 1 aromatic heterocycles. The average molecular weight is 252 g/mol. The van der Waals surface area contributed by atoms with Crippen LogP contribution in [0.4, 0.5) is 5.82 Å². The van der Waals surface area contributed by atoms with Gasteiger partial charge in [0, 0.05) is 12.6 Å². The molecule has 0 atom stereocenters. The second-order valence-electron chi connectivity index (χ2n) is 4.11. The third-order valence-corrected chi connectivity index (χ3v) is 3.39. The number of nitriles is 1. The van der Waals surface area contributed by atoms with Crippen molar-refractivity contribution >= 4 is 17.4 Å². The summed E-state index contributed by atoms with van der Waals surface area (Å²) in [4.78, 5) is 6.29. The molecule has 0 spiro atoms. The van der Waals surface area contributed by atoms with Crippen molar-refractivity contribution in [1.82, 2.24) is 4.98 Å². The minimum absolute atomic E-state index is 0.0860. The molecular formula is C12H14ClN3O. The van der Waals surface area contributed by atoms with Gasteiger partial charge in [0.1, 0.15) is 11.9 Å². The number of aliphatic hydroxyl groups excluding tert-OH is 1.